The van der Waals surface area contributed by atoms with E-state index in [0.29, 0.717) is 33.1 Å². The summed E-state index contributed by atoms with van der Waals surface area (Å²) in [6, 6.07) is 9.92. The fourth-order valence-electron chi connectivity index (χ4n) is 3.14. The number of aryl methyl sites for hydroxylation is 1. The highest BCUT2D eigenvalue weighted by Gasteiger charge is 2.16. The van der Waals surface area contributed by atoms with Crippen LogP contribution in [0.1, 0.15) is 5.56 Å². The van der Waals surface area contributed by atoms with Gasteiger partial charge in [-0.3, -0.25) is 4.40 Å². The molecule has 0 saturated carbocycles. The van der Waals surface area contributed by atoms with Crippen LogP contribution in [0.3, 0.4) is 0 Å². The number of nitrogens with zero attached hydrogens (tertiary/aromatic N) is 6. The average Bonchev–Trinajstić information content (AvgIpc) is 3.26. The normalized spacial score (nSPS) is 11.5. The Morgan fingerprint density at radius 3 is 2.50 bits per heavy atom. The first-order valence-electron chi connectivity index (χ1n) is 8.38. The van der Waals surface area contributed by atoms with Crippen molar-refractivity contribution in [2.45, 2.75) is 6.92 Å². The van der Waals surface area contributed by atoms with Crippen molar-refractivity contribution in [1.82, 2.24) is 29.4 Å². The van der Waals surface area contributed by atoms with Crippen LogP contribution >= 0.6 is 11.6 Å². The average molecular weight is 393 g/mol. The molecule has 28 heavy (non-hydrogen) atoms. The second kappa shape index (κ2) is 5.93. The molecule has 8 nitrogen and oxygen atoms in total. The molecule has 2 aromatic carbocycles. The SMILES string of the molecule is Cc1ccc(-n2ncc3c2ncn2c(-c4cc(O)cc(O)c4)nnc32)cc1Cl. The molecule has 0 atom stereocenters. The summed E-state index contributed by atoms with van der Waals surface area (Å²) in [5, 5.41) is 33.7. The van der Waals surface area contributed by atoms with Crippen molar-refractivity contribution >= 4 is 28.3 Å². The second-order valence-electron chi connectivity index (χ2n) is 6.43. The van der Waals surface area contributed by atoms with Crippen LogP contribution in [0.5, 0.6) is 11.5 Å². The summed E-state index contributed by atoms with van der Waals surface area (Å²) in [6.45, 7) is 1.94. The first-order valence-corrected chi connectivity index (χ1v) is 8.76. The number of phenolic OH excluding ortho intramolecular Hbond substituents is 2. The largest absolute Gasteiger partial charge is 0.508 e. The van der Waals surface area contributed by atoms with E-state index in [-0.39, 0.29) is 11.5 Å². The molecule has 0 saturated heterocycles. The number of hydrogen-bond donors (Lipinski definition) is 2. The molecule has 0 amide bonds. The van der Waals surface area contributed by atoms with Crippen molar-refractivity contribution in [3.8, 4) is 28.6 Å². The fraction of sp³-hybridized carbons (Fsp3) is 0.0526. The Morgan fingerprint density at radius 2 is 1.75 bits per heavy atom. The van der Waals surface area contributed by atoms with Crippen LogP contribution in [0, 0.1) is 6.92 Å². The molecule has 2 N–H and O–H groups in total. The third-order valence-corrected chi connectivity index (χ3v) is 4.94. The van der Waals surface area contributed by atoms with Gasteiger partial charge < -0.3 is 10.2 Å². The molecule has 0 bridgehead atoms. The predicted octanol–water partition coefficient (Wildman–Crippen LogP) is 3.50. The third-order valence-electron chi connectivity index (χ3n) is 4.54. The van der Waals surface area contributed by atoms with E-state index >= 15 is 0 Å². The number of aromatic nitrogens is 6. The predicted molar refractivity (Wildman–Crippen MR) is 104 cm³/mol. The summed E-state index contributed by atoms with van der Waals surface area (Å²) in [6.07, 6.45) is 3.26. The highest BCUT2D eigenvalue weighted by molar-refractivity contribution is 6.31. The molecule has 0 fully saturated rings. The summed E-state index contributed by atoms with van der Waals surface area (Å²) in [4.78, 5) is 4.52. The maximum atomic E-state index is 9.75. The van der Waals surface area contributed by atoms with Gasteiger partial charge in [0.2, 0.25) is 0 Å². The van der Waals surface area contributed by atoms with Gasteiger partial charge in [0.15, 0.2) is 17.1 Å². The second-order valence-corrected chi connectivity index (χ2v) is 6.83. The molecule has 3 heterocycles. The smallest absolute Gasteiger partial charge is 0.175 e. The van der Waals surface area contributed by atoms with E-state index in [4.69, 9.17) is 11.6 Å². The van der Waals surface area contributed by atoms with Crippen molar-refractivity contribution in [2.75, 3.05) is 0 Å². The van der Waals surface area contributed by atoms with Crippen LogP contribution in [0.2, 0.25) is 5.02 Å². The molecule has 9 heteroatoms. The van der Waals surface area contributed by atoms with Crippen molar-refractivity contribution in [1.29, 1.82) is 0 Å². The van der Waals surface area contributed by atoms with Crippen LogP contribution in [0.4, 0.5) is 0 Å². The summed E-state index contributed by atoms with van der Waals surface area (Å²) in [7, 11) is 0. The number of aromatic hydroxyl groups is 2. The van der Waals surface area contributed by atoms with Crippen molar-refractivity contribution in [3.63, 3.8) is 0 Å². The van der Waals surface area contributed by atoms with Crippen molar-refractivity contribution in [2.24, 2.45) is 0 Å². The number of hydrogen-bond acceptors (Lipinski definition) is 6. The number of rotatable bonds is 2. The van der Waals surface area contributed by atoms with Crippen LogP contribution < -0.4 is 0 Å². The van der Waals surface area contributed by atoms with Gasteiger partial charge in [-0.05, 0) is 36.8 Å². The van der Waals surface area contributed by atoms with Gasteiger partial charge in [-0.1, -0.05) is 17.7 Å². The Balaban J connectivity index is 1.71. The molecule has 5 rings (SSSR count). The minimum Gasteiger partial charge on any atom is -0.508 e. The van der Waals surface area contributed by atoms with Gasteiger partial charge in [-0.2, -0.15) is 5.10 Å². The van der Waals surface area contributed by atoms with Crippen LogP contribution in [-0.2, 0) is 0 Å². The van der Waals surface area contributed by atoms with Gasteiger partial charge in [0.1, 0.15) is 17.8 Å². The molecule has 0 spiro atoms. The Bertz CT molecular complexity index is 1350. The summed E-state index contributed by atoms with van der Waals surface area (Å²) in [5.41, 5.74) is 3.47. The summed E-state index contributed by atoms with van der Waals surface area (Å²) < 4.78 is 3.37. The highest BCUT2D eigenvalue weighted by atomic mass is 35.5. The molecular formula is C19H13ClN6O2. The Labute approximate surface area is 163 Å². The first kappa shape index (κ1) is 16.5. The zero-order valence-corrected chi connectivity index (χ0v) is 15.3. The maximum absolute atomic E-state index is 9.75. The van der Waals surface area contributed by atoms with E-state index in [1.165, 1.54) is 18.2 Å². The van der Waals surface area contributed by atoms with E-state index < -0.39 is 0 Å². The molecular weight excluding hydrogens is 380 g/mol. The van der Waals surface area contributed by atoms with E-state index in [2.05, 4.69) is 20.3 Å². The van der Waals surface area contributed by atoms with Gasteiger partial charge >= 0.3 is 0 Å². The molecule has 138 valence electrons. The number of fused-ring (bicyclic) bond motifs is 3. The van der Waals surface area contributed by atoms with Crippen LogP contribution in [0.25, 0.3) is 33.8 Å². The lowest BCUT2D eigenvalue weighted by Crippen LogP contribution is -1.99. The lowest BCUT2D eigenvalue weighted by atomic mass is 10.2. The van der Waals surface area contributed by atoms with E-state index in [9.17, 15) is 10.2 Å². The van der Waals surface area contributed by atoms with Crippen molar-refractivity contribution < 1.29 is 10.2 Å². The zero-order chi connectivity index (χ0) is 19.4. The monoisotopic (exact) mass is 392 g/mol. The maximum Gasteiger partial charge on any atom is 0.175 e. The Kier molecular flexibility index (Phi) is 3.50. The third kappa shape index (κ3) is 2.46. The molecule has 3 aromatic heterocycles. The highest BCUT2D eigenvalue weighted by Crippen LogP contribution is 2.29. The topological polar surface area (TPSA) is 101 Å². The lowest BCUT2D eigenvalue weighted by molar-refractivity contribution is 0.451. The first-order chi connectivity index (χ1) is 13.5. The Hall–Kier alpha value is -3.65. The van der Waals surface area contributed by atoms with Crippen LogP contribution in [-0.4, -0.2) is 39.6 Å². The van der Waals surface area contributed by atoms with Crippen molar-refractivity contribution in [3.05, 3.63) is 59.5 Å². The summed E-state index contributed by atoms with van der Waals surface area (Å²) in [5.74, 6) is 0.316. The van der Waals surface area contributed by atoms with Gasteiger partial charge in [-0.25, -0.2) is 9.67 Å². The molecule has 0 radical (unpaired) electrons. The van der Waals surface area contributed by atoms with Crippen LogP contribution in [0.15, 0.2) is 48.9 Å². The fourth-order valence-corrected chi connectivity index (χ4v) is 3.32. The number of halogens is 1. The van der Waals surface area contributed by atoms with E-state index in [1.807, 2.05) is 25.1 Å². The molecule has 5 aromatic rings. The standard InChI is InChI=1S/C19H13ClN6O2/c1-10-2-3-12(6-16(10)20)26-18-15(8-22-26)19-24-23-17(25(19)9-21-18)11-4-13(27)7-14(28)5-11/h2-9,27-28H,1H3. The minimum atomic E-state index is -0.0649. The number of benzene rings is 2. The number of phenols is 2. The molecule has 0 aliphatic carbocycles. The summed E-state index contributed by atoms with van der Waals surface area (Å²) >= 11 is 6.24. The van der Waals surface area contributed by atoms with Gasteiger partial charge in [0.05, 0.1) is 17.3 Å². The van der Waals surface area contributed by atoms with Gasteiger partial charge in [0, 0.05) is 16.7 Å². The minimum absolute atomic E-state index is 0.0649. The quantitative estimate of drug-likeness (QED) is 0.476. The molecule has 0 aliphatic rings. The van der Waals surface area contributed by atoms with Gasteiger partial charge in [-0.15, -0.1) is 10.2 Å². The lowest BCUT2D eigenvalue weighted by Gasteiger charge is -2.06. The van der Waals surface area contributed by atoms with E-state index in [1.54, 1.807) is 21.6 Å². The van der Waals surface area contributed by atoms with Gasteiger partial charge in [0.25, 0.3) is 0 Å². The Morgan fingerprint density at radius 1 is 0.964 bits per heavy atom. The molecule has 0 unspecified atom stereocenters. The van der Waals surface area contributed by atoms with E-state index in [0.717, 1.165) is 11.3 Å². The zero-order valence-electron chi connectivity index (χ0n) is 14.6. The molecule has 0 aliphatic heterocycles.